The molecule has 62 valence electrons. The highest BCUT2D eigenvalue weighted by Gasteiger charge is 2.23. The monoisotopic (exact) mass is 171 g/mol. The van der Waals surface area contributed by atoms with Gasteiger partial charge in [-0.1, -0.05) is 26.1 Å². The fraction of sp³-hybridized carbons (Fsp3) is 0.750. The van der Waals surface area contributed by atoms with Crippen molar-refractivity contribution in [2.24, 2.45) is 5.92 Å². The standard InChI is InChI=1S/C8H13NOS/c1-5(2)7-3-6(10)4-8(11)9-7/h5,7H,3-4H2,1-2H3,(H,9,11). The van der Waals surface area contributed by atoms with Crippen LogP contribution in [-0.2, 0) is 4.79 Å². The molecule has 0 radical (unpaired) electrons. The first-order chi connectivity index (χ1) is 5.09. The molecule has 1 aliphatic rings. The maximum absolute atomic E-state index is 11.1. The largest absolute Gasteiger partial charge is 0.376 e. The fourth-order valence-corrected chi connectivity index (χ4v) is 1.52. The summed E-state index contributed by atoms with van der Waals surface area (Å²) >= 11 is 4.95. The Morgan fingerprint density at radius 1 is 1.64 bits per heavy atom. The number of Topliss-reactive ketones (excluding diaryl/α,β-unsaturated/α-hetero) is 1. The van der Waals surface area contributed by atoms with Crippen molar-refractivity contribution in [3.8, 4) is 0 Å². The zero-order valence-corrected chi connectivity index (χ0v) is 7.70. The number of ketones is 1. The van der Waals surface area contributed by atoms with Gasteiger partial charge in [-0.25, -0.2) is 0 Å². The van der Waals surface area contributed by atoms with Crippen LogP contribution < -0.4 is 5.32 Å². The third-order valence-electron chi connectivity index (χ3n) is 1.96. The molecule has 1 aliphatic heterocycles. The van der Waals surface area contributed by atoms with Gasteiger partial charge in [-0.05, 0) is 5.92 Å². The highest BCUT2D eigenvalue weighted by atomic mass is 32.1. The molecule has 2 nitrogen and oxygen atoms in total. The summed E-state index contributed by atoms with van der Waals surface area (Å²) in [5.41, 5.74) is 0. The fourth-order valence-electron chi connectivity index (χ4n) is 1.21. The first kappa shape index (κ1) is 8.65. The van der Waals surface area contributed by atoms with Crippen LogP contribution >= 0.6 is 12.2 Å². The maximum atomic E-state index is 11.1. The number of carbonyl (C=O) groups excluding carboxylic acids is 1. The van der Waals surface area contributed by atoms with E-state index in [-0.39, 0.29) is 11.8 Å². The smallest absolute Gasteiger partial charge is 0.141 e. The average molecular weight is 171 g/mol. The minimum Gasteiger partial charge on any atom is -0.376 e. The van der Waals surface area contributed by atoms with Crippen molar-refractivity contribution in [1.82, 2.24) is 5.32 Å². The van der Waals surface area contributed by atoms with Crippen LogP contribution in [0.3, 0.4) is 0 Å². The van der Waals surface area contributed by atoms with Crippen LogP contribution in [0.1, 0.15) is 26.7 Å². The summed E-state index contributed by atoms with van der Waals surface area (Å²) < 4.78 is 0. The first-order valence-electron chi connectivity index (χ1n) is 3.90. The summed E-state index contributed by atoms with van der Waals surface area (Å²) in [7, 11) is 0. The SMILES string of the molecule is CC(C)C1CC(=O)CC(=S)N1. The number of carbonyl (C=O) groups is 1. The van der Waals surface area contributed by atoms with E-state index >= 15 is 0 Å². The summed E-state index contributed by atoms with van der Waals surface area (Å²) in [6.45, 7) is 4.19. The van der Waals surface area contributed by atoms with Gasteiger partial charge in [0.25, 0.3) is 0 Å². The highest BCUT2D eigenvalue weighted by molar-refractivity contribution is 7.80. The first-order valence-corrected chi connectivity index (χ1v) is 4.31. The number of hydrogen-bond donors (Lipinski definition) is 1. The summed E-state index contributed by atoms with van der Waals surface area (Å²) in [6, 6.07) is 0.267. The molecule has 0 aromatic heterocycles. The predicted octanol–water partition coefficient (Wildman–Crippen LogP) is 1.29. The van der Waals surface area contributed by atoms with E-state index in [2.05, 4.69) is 19.2 Å². The van der Waals surface area contributed by atoms with Gasteiger partial charge in [-0.3, -0.25) is 4.79 Å². The molecule has 0 amide bonds. The summed E-state index contributed by atoms with van der Waals surface area (Å²) in [5, 5.41) is 3.16. The van der Waals surface area contributed by atoms with Crippen LogP contribution in [0.5, 0.6) is 0 Å². The molecule has 0 spiro atoms. The molecule has 11 heavy (non-hydrogen) atoms. The van der Waals surface area contributed by atoms with Crippen LogP contribution in [-0.4, -0.2) is 16.8 Å². The van der Waals surface area contributed by atoms with Gasteiger partial charge < -0.3 is 5.32 Å². The molecule has 1 rings (SSSR count). The minimum atomic E-state index is 0.267. The summed E-state index contributed by atoms with van der Waals surface area (Å²) in [4.78, 5) is 11.8. The van der Waals surface area contributed by atoms with Gasteiger partial charge >= 0.3 is 0 Å². The third-order valence-corrected chi connectivity index (χ3v) is 2.22. The van der Waals surface area contributed by atoms with E-state index in [9.17, 15) is 4.79 Å². The normalized spacial score (nSPS) is 25.5. The van der Waals surface area contributed by atoms with Gasteiger partial charge in [0.05, 0.1) is 11.4 Å². The molecular formula is C8H13NOS. The van der Waals surface area contributed by atoms with E-state index < -0.39 is 0 Å². The molecule has 0 bridgehead atoms. The summed E-state index contributed by atoms with van der Waals surface area (Å²) in [5.74, 6) is 0.754. The van der Waals surface area contributed by atoms with Crippen molar-refractivity contribution in [2.75, 3.05) is 0 Å². The second-order valence-electron chi connectivity index (χ2n) is 3.34. The average Bonchev–Trinajstić information content (AvgIpc) is 1.85. The Morgan fingerprint density at radius 3 is 2.73 bits per heavy atom. The lowest BCUT2D eigenvalue weighted by Gasteiger charge is -2.27. The predicted molar refractivity (Wildman–Crippen MR) is 48.6 cm³/mol. The van der Waals surface area contributed by atoms with Crippen LogP contribution in [0, 0.1) is 5.92 Å². The molecular weight excluding hydrogens is 158 g/mol. The molecule has 1 atom stereocenters. The number of hydrogen-bond acceptors (Lipinski definition) is 2. The Balaban J connectivity index is 2.56. The quantitative estimate of drug-likeness (QED) is 0.603. The zero-order valence-electron chi connectivity index (χ0n) is 6.89. The van der Waals surface area contributed by atoms with Crippen molar-refractivity contribution in [3.05, 3.63) is 0 Å². The zero-order chi connectivity index (χ0) is 8.43. The molecule has 1 N–H and O–H groups in total. The molecule has 0 aromatic carbocycles. The van der Waals surface area contributed by atoms with Gasteiger partial charge in [0, 0.05) is 12.5 Å². The molecule has 0 aromatic rings. The van der Waals surface area contributed by atoms with Gasteiger partial charge in [-0.15, -0.1) is 0 Å². The molecule has 3 heteroatoms. The Hall–Kier alpha value is -0.440. The maximum Gasteiger partial charge on any atom is 0.141 e. The van der Waals surface area contributed by atoms with E-state index in [1.165, 1.54) is 0 Å². The Bertz CT molecular complexity index is 173. The van der Waals surface area contributed by atoms with Gasteiger partial charge in [0.2, 0.25) is 0 Å². The number of thiocarbonyl (C=S) groups is 1. The molecule has 1 fully saturated rings. The number of nitrogens with one attached hydrogen (secondary N) is 1. The highest BCUT2D eigenvalue weighted by Crippen LogP contribution is 2.12. The van der Waals surface area contributed by atoms with Crippen LogP contribution in [0.15, 0.2) is 0 Å². The lowest BCUT2D eigenvalue weighted by Crippen LogP contribution is -2.44. The van der Waals surface area contributed by atoms with E-state index in [0.717, 1.165) is 0 Å². The van der Waals surface area contributed by atoms with Crippen LogP contribution in [0.25, 0.3) is 0 Å². The lowest BCUT2D eigenvalue weighted by molar-refractivity contribution is -0.119. The van der Waals surface area contributed by atoms with E-state index in [0.29, 0.717) is 23.7 Å². The molecule has 1 unspecified atom stereocenters. The van der Waals surface area contributed by atoms with E-state index in [1.807, 2.05) is 0 Å². The van der Waals surface area contributed by atoms with Crippen LogP contribution in [0.2, 0.25) is 0 Å². The Labute approximate surface area is 72.4 Å². The third kappa shape index (κ3) is 2.26. The van der Waals surface area contributed by atoms with E-state index in [1.54, 1.807) is 0 Å². The van der Waals surface area contributed by atoms with Crippen LogP contribution in [0.4, 0.5) is 0 Å². The Morgan fingerprint density at radius 2 is 2.27 bits per heavy atom. The second kappa shape index (κ2) is 3.30. The van der Waals surface area contributed by atoms with Gasteiger partial charge in [0.1, 0.15) is 5.78 Å². The molecule has 0 aliphatic carbocycles. The summed E-state index contributed by atoms with van der Waals surface area (Å²) in [6.07, 6.45) is 1.08. The van der Waals surface area contributed by atoms with Crippen molar-refractivity contribution in [3.63, 3.8) is 0 Å². The Kier molecular flexibility index (Phi) is 2.60. The van der Waals surface area contributed by atoms with E-state index in [4.69, 9.17) is 12.2 Å². The van der Waals surface area contributed by atoms with Crippen molar-refractivity contribution in [2.45, 2.75) is 32.7 Å². The molecule has 1 saturated heterocycles. The number of piperidine rings is 1. The minimum absolute atomic E-state index is 0.267. The second-order valence-corrected chi connectivity index (χ2v) is 3.83. The molecule has 1 heterocycles. The van der Waals surface area contributed by atoms with Crippen molar-refractivity contribution >= 4 is 23.0 Å². The van der Waals surface area contributed by atoms with Crippen molar-refractivity contribution in [1.29, 1.82) is 0 Å². The number of rotatable bonds is 1. The van der Waals surface area contributed by atoms with Gasteiger partial charge in [-0.2, -0.15) is 0 Å². The lowest BCUT2D eigenvalue weighted by atomic mass is 9.94. The van der Waals surface area contributed by atoms with Crippen molar-refractivity contribution < 1.29 is 4.79 Å². The molecule has 0 saturated carbocycles. The van der Waals surface area contributed by atoms with Gasteiger partial charge in [0.15, 0.2) is 0 Å². The topological polar surface area (TPSA) is 29.1 Å².